The molecule has 156 valence electrons. The minimum atomic E-state index is -0.507. The minimum Gasteiger partial charge on any atom is -0.349 e. The quantitative estimate of drug-likeness (QED) is 0.621. The summed E-state index contributed by atoms with van der Waals surface area (Å²) in [5.41, 5.74) is 1.62. The molecule has 0 spiro atoms. The highest BCUT2D eigenvalue weighted by Crippen LogP contribution is 2.19. The van der Waals surface area contributed by atoms with Gasteiger partial charge in [-0.25, -0.2) is 13.8 Å². The third-order valence-corrected chi connectivity index (χ3v) is 4.66. The SMILES string of the molecule is CC(C)c1nc(C[C@@H](NC(=O)Cc2ccc(F)cc2)c2ccc(F)cc2)cc(=O)[nH]1. The molecule has 1 amide bonds. The van der Waals surface area contributed by atoms with Crippen LogP contribution in [0.15, 0.2) is 59.4 Å². The van der Waals surface area contributed by atoms with Crippen LogP contribution in [-0.2, 0) is 17.6 Å². The van der Waals surface area contributed by atoms with Crippen LogP contribution in [0.1, 0.15) is 48.5 Å². The van der Waals surface area contributed by atoms with E-state index in [4.69, 9.17) is 0 Å². The molecule has 0 aliphatic rings. The molecule has 0 saturated carbocycles. The molecule has 0 saturated heterocycles. The minimum absolute atomic E-state index is 0.0370. The third-order valence-electron chi connectivity index (χ3n) is 4.66. The number of H-pyrrole nitrogens is 1. The maximum atomic E-state index is 13.4. The van der Waals surface area contributed by atoms with Crippen LogP contribution in [0.5, 0.6) is 0 Å². The zero-order chi connectivity index (χ0) is 21.7. The molecule has 1 aromatic heterocycles. The van der Waals surface area contributed by atoms with Gasteiger partial charge in [0, 0.05) is 18.4 Å². The lowest BCUT2D eigenvalue weighted by molar-refractivity contribution is -0.121. The van der Waals surface area contributed by atoms with Gasteiger partial charge >= 0.3 is 0 Å². The molecule has 0 aliphatic carbocycles. The number of aromatic nitrogens is 2. The summed E-state index contributed by atoms with van der Waals surface area (Å²) < 4.78 is 26.5. The Morgan fingerprint density at radius 2 is 1.63 bits per heavy atom. The smallest absolute Gasteiger partial charge is 0.251 e. The van der Waals surface area contributed by atoms with Gasteiger partial charge in [0.05, 0.1) is 18.2 Å². The summed E-state index contributed by atoms with van der Waals surface area (Å²) in [5.74, 6) is -0.427. The number of benzene rings is 2. The molecule has 2 N–H and O–H groups in total. The van der Waals surface area contributed by atoms with Gasteiger partial charge in [0.25, 0.3) is 5.56 Å². The van der Waals surface area contributed by atoms with Gasteiger partial charge in [-0.15, -0.1) is 0 Å². The average Bonchev–Trinajstić information content (AvgIpc) is 2.69. The van der Waals surface area contributed by atoms with E-state index in [1.165, 1.54) is 30.3 Å². The maximum absolute atomic E-state index is 13.4. The lowest BCUT2D eigenvalue weighted by atomic mass is 10.0. The summed E-state index contributed by atoms with van der Waals surface area (Å²) in [6.07, 6.45) is 0.336. The standard InChI is InChI=1S/C23H23F2N3O2/c1-14(2)23-26-19(13-22(30)28-23)12-20(16-5-9-18(25)10-6-16)27-21(29)11-15-3-7-17(24)8-4-15/h3-10,13-14,20H,11-12H2,1-2H3,(H,27,29)(H,26,28,30)/t20-/m1/s1. The lowest BCUT2D eigenvalue weighted by Crippen LogP contribution is -2.32. The zero-order valence-corrected chi connectivity index (χ0v) is 16.8. The summed E-state index contributed by atoms with van der Waals surface area (Å²) in [6.45, 7) is 3.84. The molecule has 1 atom stereocenters. The van der Waals surface area contributed by atoms with Crippen molar-refractivity contribution < 1.29 is 13.6 Å². The van der Waals surface area contributed by atoms with Crippen LogP contribution < -0.4 is 10.9 Å². The van der Waals surface area contributed by atoms with Crippen molar-refractivity contribution in [3.05, 3.63) is 99.2 Å². The van der Waals surface area contributed by atoms with Gasteiger partial charge in [-0.2, -0.15) is 0 Å². The summed E-state index contributed by atoms with van der Waals surface area (Å²) in [7, 11) is 0. The number of nitrogens with one attached hydrogen (secondary N) is 2. The van der Waals surface area contributed by atoms with Gasteiger partial charge in [0.15, 0.2) is 0 Å². The Morgan fingerprint density at radius 1 is 1.03 bits per heavy atom. The van der Waals surface area contributed by atoms with Gasteiger partial charge in [-0.05, 0) is 35.4 Å². The Bertz CT molecular complexity index is 1060. The fourth-order valence-corrected chi connectivity index (χ4v) is 3.10. The topological polar surface area (TPSA) is 74.8 Å². The highest BCUT2D eigenvalue weighted by atomic mass is 19.1. The van der Waals surface area contributed by atoms with Gasteiger partial charge in [-0.1, -0.05) is 38.1 Å². The van der Waals surface area contributed by atoms with Crippen molar-refractivity contribution in [2.24, 2.45) is 0 Å². The highest BCUT2D eigenvalue weighted by molar-refractivity contribution is 5.79. The summed E-state index contributed by atoms with van der Waals surface area (Å²) in [4.78, 5) is 31.8. The van der Waals surface area contributed by atoms with Gasteiger partial charge in [0.1, 0.15) is 17.5 Å². The molecule has 0 fully saturated rings. The van der Waals surface area contributed by atoms with E-state index in [2.05, 4.69) is 15.3 Å². The van der Waals surface area contributed by atoms with E-state index in [0.29, 0.717) is 22.6 Å². The number of halogens is 2. The van der Waals surface area contributed by atoms with Crippen molar-refractivity contribution in [1.82, 2.24) is 15.3 Å². The second-order valence-electron chi connectivity index (χ2n) is 7.46. The number of carbonyl (C=O) groups is 1. The second kappa shape index (κ2) is 9.43. The Morgan fingerprint density at radius 3 is 2.23 bits per heavy atom. The molecule has 3 aromatic rings. The molecular weight excluding hydrogens is 388 g/mol. The number of amides is 1. The van der Waals surface area contributed by atoms with Crippen molar-refractivity contribution in [1.29, 1.82) is 0 Å². The summed E-state index contributed by atoms with van der Waals surface area (Å²) in [5, 5.41) is 2.93. The number of carbonyl (C=O) groups excluding carboxylic acids is 1. The Labute approximate surface area is 173 Å². The predicted octanol–water partition coefficient (Wildman–Crippen LogP) is 3.81. The molecule has 1 heterocycles. The number of nitrogens with zero attached hydrogens (tertiary/aromatic N) is 1. The van der Waals surface area contributed by atoms with Crippen molar-refractivity contribution in [2.75, 3.05) is 0 Å². The van der Waals surface area contributed by atoms with E-state index in [0.717, 1.165) is 0 Å². The first-order valence-electron chi connectivity index (χ1n) is 9.69. The van der Waals surface area contributed by atoms with Gasteiger partial charge in [-0.3, -0.25) is 9.59 Å². The lowest BCUT2D eigenvalue weighted by Gasteiger charge is -2.20. The molecule has 3 rings (SSSR count). The molecule has 0 unspecified atom stereocenters. The van der Waals surface area contributed by atoms with E-state index in [-0.39, 0.29) is 41.9 Å². The van der Waals surface area contributed by atoms with E-state index < -0.39 is 6.04 Å². The molecular formula is C23H23F2N3O2. The molecule has 7 heteroatoms. The molecule has 0 aliphatic heterocycles. The van der Waals surface area contributed by atoms with Crippen LogP contribution in [-0.4, -0.2) is 15.9 Å². The van der Waals surface area contributed by atoms with E-state index in [1.54, 1.807) is 24.3 Å². The van der Waals surface area contributed by atoms with E-state index in [1.807, 2.05) is 13.8 Å². The monoisotopic (exact) mass is 411 g/mol. The third kappa shape index (κ3) is 5.83. The first kappa shape index (κ1) is 21.4. The average molecular weight is 411 g/mol. The molecule has 5 nitrogen and oxygen atoms in total. The zero-order valence-electron chi connectivity index (χ0n) is 16.8. The van der Waals surface area contributed by atoms with E-state index in [9.17, 15) is 18.4 Å². The highest BCUT2D eigenvalue weighted by Gasteiger charge is 2.18. The van der Waals surface area contributed by atoms with Crippen LogP contribution >= 0.6 is 0 Å². The van der Waals surface area contributed by atoms with Crippen LogP contribution in [0, 0.1) is 11.6 Å². The molecule has 0 bridgehead atoms. The Balaban J connectivity index is 1.83. The first-order valence-corrected chi connectivity index (χ1v) is 9.69. The fraction of sp³-hybridized carbons (Fsp3) is 0.261. The fourth-order valence-electron chi connectivity index (χ4n) is 3.10. The summed E-state index contributed by atoms with van der Waals surface area (Å²) >= 11 is 0. The van der Waals surface area contributed by atoms with Gasteiger partial charge < -0.3 is 10.3 Å². The number of rotatable bonds is 7. The van der Waals surface area contributed by atoms with Crippen LogP contribution in [0.25, 0.3) is 0 Å². The van der Waals surface area contributed by atoms with Crippen molar-refractivity contribution in [3.8, 4) is 0 Å². The Kier molecular flexibility index (Phi) is 6.72. The van der Waals surface area contributed by atoms with Crippen LogP contribution in [0.4, 0.5) is 8.78 Å². The number of hydrogen-bond donors (Lipinski definition) is 2. The number of hydrogen-bond acceptors (Lipinski definition) is 3. The predicted molar refractivity (Wildman–Crippen MR) is 110 cm³/mol. The van der Waals surface area contributed by atoms with Crippen LogP contribution in [0.3, 0.4) is 0 Å². The second-order valence-corrected chi connectivity index (χ2v) is 7.46. The van der Waals surface area contributed by atoms with Crippen molar-refractivity contribution in [3.63, 3.8) is 0 Å². The first-order chi connectivity index (χ1) is 14.3. The van der Waals surface area contributed by atoms with Crippen molar-refractivity contribution >= 4 is 5.91 Å². The normalized spacial score (nSPS) is 12.0. The Hall–Kier alpha value is -3.35. The van der Waals surface area contributed by atoms with Crippen LogP contribution in [0.2, 0.25) is 0 Å². The summed E-state index contributed by atoms with van der Waals surface area (Å²) in [6, 6.07) is 12.4. The maximum Gasteiger partial charge on any atom is 0.251 e. The molecule has 0 radical (unpaired) electrons. The molecule has 30 heavy (non-hydrogen) atoms. The number of aromatic amines is 1. The van der Waals surface area contributed by atoms with E-state index >= 15 is 0 Å². The molecule has 2 aromatic carbocycles. The van der Waals surface area contributed by atoms with Gasteiger partial charge in [0.2, 0.25) is 5.91 Å². The largest absolute Gasteiger partial charge is 0.349 e. The van der Waals surface area contributed by atoms with Crippen molar-refractivity contribution in [2.45, 2.75) is 38.6 Å².